The molecule has 7 nitrogen and oxygen atoms in total. The van der Waals surface area contributed by atoms with E-state index < -0.39 is 5.97 Å². The number of piperidine rings is 1. The topological polar surface area (TPSA) is 78.7 Å². The molecule has 0 saturated carbocycles. The zero-order valence-electron chi connectivity index (χ0n) is 16.5. The van der Waals surface area contributed by atoms with Crippen LogP contribution in [0.15, 0.2) is 30.5 Å². The number of aryl methyl sites for hydroxylation is 1. The zero-order valence-corrected chi connectivity index (χ0v) is 17.2. The van der Waals surface area contributed by atoms with Crippen molar-refractivity contribution in [2.75, 3.05) is 26.2 Å². The Morgan fingerprint density at radius 3 is 2.59 bits per heavy atom. The molecule has 1 N–H and O–H groups in total. The largest absolute Gasteiger partial charge is 0.476 e. The number of likely N-dealkylation sites (tertiary alicyclic amines) is 2. The zero-order chi connectivity index (χ0) is 20.6. The molecule has 4 rings (SSSR count). The van der Waals surface area contributed by atoms with Crippen molar-refractivity contribution < 1.29 is 14.7 Å². The maximum absolute atomic E-state index is 12.6. The highest BCUT2D eigenvalue weighted by molar-refractivity contribution is 6.30. The highest BCUT2D eigenvalue weighted by Crippen LogP contribution is 2.41. The Morgan fingerprint density at radius 2 is 1.90 bits per heavy atom. The Balaban J connectivity index is 1.35. The minimum absolute atomic E-state index is 0.116. The van der Waals surface area contributed by atoms with Crippen molar-refractivity contribution in [3.8, 4) is 0 Å². The van der Waals surface area contributed by atoms with Crippen LogP contribution < -0.4 is 0 Å². The lowest BCUT2D eigenvalue weighted by atomic mass is 9.78. The molecule has 0 radical (unpaired) electrons. The first kappa shape index (κ1) is 19.9. The van der Waals surface area contributed by atoms with Crippen molar-refractivity contribution in [1.29, 1.82) is 0 Å². The number of carbonyl (C=O) groups is 2. The number of aromatic nitrogens is 2. The molecule has 0 aliphatic carbocycles. The molecule has 0 atom stereocenters. The van der Waals surface area contributed by atoms with Gasteiger partial charge in [-0.3, -0.25) is 4.90 Å². The number of halogens is 1. The number of hydrogen-bond acceptors (Lipinski definition) is 4. The van der Waals surface area contributed by atoms with Crippen molar-refractivity contribution >= 4 is 23.6 Å². The van der Waals surface area contributed by atoms with E-state index in [0.717, 1.165) is 48.6 Å². The fraction of sp³-hybridized carbons (Fsp3) is 0.476. The summed E-state index contributed by atoms with van der Waals surface area (Å²) in [6.07, 6.45) is 4.47. The molecule has 154 valence electrons. The lowest BCUT2D eigenvalue weighted by Crippen LogP contribution is -2.45. The van der Waals surface area contributed by atoms with Gasteiger partial charge in [0.1, 0.15) is 0 Å². The quantitative estimate of drug-likeness (QED) is 0.828. The van der Waals surface area contributed by atoms with Gasteiger partial charge in [0, 0.05) is 37.4 Å². The second-order valence-electron chi connectivity index (χ2n) is 8.25. The second-order valence-corrected chi connectivity index (χ2v) is 8.69. The third kappa shape index (κ3) is 4.16. The molecule has 1 aromatic carbocycles. The van der Waals surface area contributed by atoms with Crippen molar-refractivity contribution in [2.45, 2.75) is 32.7 Å². The van der Waals surface area contributed by atoms with Gasteiger partial charge in [-0.15, -0.1) is 0 Å². The fourth-order valence-electron chi connectivity index (χ4n) is 4.48. The van der Waals surface area contributed by atoms with Gasteiger partial charge in [-0.2, -0.15) is 9.78 Å². The Hall–Kier alpha value is -2.38. The predicted molar refractivity (Wildman–Crippen MR) is 109 cm³/mol. The molecule has 1 spiro atoms. The van der Waals surface area contributed by atoms with Gasteiger partial charge < -0.3 is 10.0 Å². The van der Waals surface area contributed by atoms with E-state index in [0.29, 0.717) is 13.1 Å². The second kappa shape index (κ2) is 7.80. The molecule has 3 heterocycles. The number of carboxylic acids is 1. The monoisotopic (exact) mass is 416 g/mol. The van der Waals surface area contributed by atoms with Crippen molar-refractivity contribution in [1.82, 2.24) is 19.6 Å². The summed E-state index contributed by atoms with van der Waals surface area (Å²) in [6.45, 7) is 6.46. The fourth-order valence-corrected chi connectivity index (χ4v) is 4.68. The molecule has 0 bridgehead atoms. The van der Waals surface area contributed by atoms with Crippen LogP contribution in [0.3, 0.4) is 0 Å². The van der Waals surface area contributed by atoms with Crippen LogP contribution in [0.1, 0.15) is 40.9 Å². The third-order valence-corrected chi connectivity index (χ3v) is 6.56. The van der Waals surface area contributed by atoms with E-state index in [1.54, 1.807) is 4.90 Å². The van der Waals surface area contributed by atoms with Crippen molar-refractivity contribution in [2.24, 2.45) is 5.41 Å². The Morgan fingerprint density at radius 1 is 1.17 bits per heavy atom. The SMILES string of the molecule is Cc1ccc(Cl)cc1CN1CCC2(CCN(C(=O)n3ccc(C(=O)O)n3)CC2)C1. The van der Waals surface area contributed by atoms with Gasteiger partial charge in [-0.1, -0.05) is 17.7 Å². The number of carbonyl (C=O) groups excluding carboxylic acids is 1. The first-order valence-corrected chi connectivity index (χ1v) is 10.3. The van der Waals surface area contributed by atoms with Crippen LogP contribution in [0, 0.1) is 12.3 Å². The highest BCUT2D eigenvalue weighted by atomic mass is 35.5. The average molecular weight is 417 g/mol. The van der Waals surface area contributed by atoms with Gasteiger partial charge in [-0.25, -0.2) is 9.59 Å². The number of carboxylic acid groups (broad SMARTS) is 1. The molecular formula is C21H25ClN4O3. The van der Waals surface area contributed by atoms with Crippen LogP contribution in [0.5, 0.6) is 0 Å². The minimum atomic E-state index is -1.13. The number of aromatic carboxylic acids is 1. The van der Waals surface area contributed by atoms with Crippen LogP contribution >= 0.6 is 11.6 Å². The van der Waals surface area contributed by atoms with Crippen LogP contribution in [-0.4, -0.2) is 62.9 Å². The Bertz CT molecular complexity index is 934. The maximum Gasteiger partial charge on any atom is 0.356 e. The summed E-state index contributed by atoms with van der Waals surface area (Å²) in [6, 6.07) is 7.14. The predicted octanol–water partition coefficient (Wildman–Crippen LogP) is 3.50. The molecular weight excluding hydrogens is 392 g/mol. The van der Waals surface area contributed by atoms with Gasteiger partial charge in [-0.05, 0) is 67.5 Å². The molecule has 1 aromatic heterocycles. The number of nitrogens with zero attached hydrogens (tertiary/aromatic N) is 4. The number of rotatable bonds is 3. The summed E-state index contributed by atoms with van der Waals surface area (Å²) in [7, 11) is 0. The molecule has 2 aliphatic rings. The van der Waals surface area contributed by atoms with Gasteiger partial charge in [0.05, 0.1) is 0 Å². The van der Waals surface area contributed by atoms with E-state index in [1.807, 2.05) is 6.07 Å². The minimum Gasteiger partial charge on any atom is -0.476 e. The van der Waals surface area contributed by atoms with E-state index in [1.165, 1.54) is 23.4 Å². The summed E-state index contributed by atoms with van der Waals surface area (Å²) in [5, 5.41) is 13.6. The van der Waals surface area contributed by atoms with Gasteiger partial charge >= 0.3 is 12.0 Å². The smallest absolute Gasteiger partial charge is 0.356 e. The normalized spacial score (nSPS) is 19.0. The van der Waals surface area contributed by atoms with E-state index in [9.17, 15) is 9.59 Å². The first-order chi connectivity index (χ1) is 13.8. The summed E-state index contributed by atoms with van der Waals surface area (Å²) >= 11 is 6.16. The molecule has 2 fully saturated rings. The molecule has 1 amide bonds. The van der Waals surface area contributed by atoms with Crippen LogP contribution in [0.25, 0.3) is 0 Å². The average Bonchev–Trinajstić information content (AvgIpc) is 3.33. The number of amides is 1. The molecule has 2 saturated heterocycles. The first-order valence-electron chi connectivity index (χ1n) is 9.91. The van der Waals surface area contributed by atoms with Crippen molar-refractivity contribution in [3.63, 3.8) is 0 Å². The molecule has 8 heteroatoms. The van der Waals surface area contributed by atoms with Crippen molar-refractivity contribution in [3.05, 3.63) is 52.3 Å². The summed E-state index contributed by atoms with van der Waals surface area (Å²) < 4.78 is 1.13. The highest BCUT2D eigenvalue weighted by Gasteiger charge is 2.41. The Labute approximate surface area is 174 Å². The van der Waals surface area contributed by atoms with Crippen LogP contribution in [-0.2, 0) is 6.54 Å². The van der Waals surface area contributed by atoms with E-state index in [4.69, 9.17) is 16.7 Å². The number of hydrogen-bond donors (Lipinski definition) is 1. The van der Waals surface area contributed by atoms with Gasteiger partial charge in [0.2, 0.25) is 0 Å². The third-order valence-electron chi connectivity index (χ3n) is 6.32. The Kier molecular flexibility index (Phi) is 5.36. The van der Waals surface area contributed by atoms with E-state index in [2.05, 4.69) is 29.1 Å². The molecule has 2 aliphatic heterocycles. The summed E-state index contributed by atoms with van der Waals surface area (Å²) in [5.74, 6) is -1.13. The standard InChI is InChI=1S/C21H25ClN4O3/c1-15-2-3-17(22)12-16(15)13-24-9-5-21(14-24)6-10-25(11-7-21)20(29)26-8-4-18(23-26)19(27)28/h2-4,8,12H,5-7,9-11,13-14H2,1H3,(H,27,28). The van der Waals surface area contributed by atoms with Gasteiger partial charge in [0.15, 0.2) is 5.69 Å². The molecule has 2 aromatic rings. The van der Waals surface area contributed by atoms with Crippen LogP contribution in [0.4, 0.5) is 4.79 Å². The van der Waals surface area contributed by atoms with E-state index in [-0.39, 0.29) is 17.1 Å². The summed E-state index contributed by atoms with van der Waals surface area (Å²) in [4.78, 5) is 27.9. The van der Waals surface area contributed by atoms with E-state index >= 15 is 0 Å². The molecule has 29 heavy (non-hydrogen) atoms. The lowest BCUT2D eigenvalue weighted by molar-refractivity contribution is 0.0689. The van der Waals surface area contributed by atoms with Crippen LogP contribution in [0.2, 0.25) is 5.02 Å². The molecule has 0 unspecified atom stereocenters. The maximum atomic E-state index is 12.6. The summed E-state index contributed by atoms with van der Waals surface area (Å²) in [5.41, 5.74) is 2.67. The lowest BCUT2D eigenvalue weighted by Gasteiger charge is -2.39. The number of benzene rings is 1. The van der Waals surface area contributed by atoms with Gasteiger partial charge in [0.25, 0.3) is 0 Å².